The van der Waals surface area contributed by atoms with E-state index in [1.54, 1.807) is 6.07 Å². The highest BCUT2D eigenvalue weighted by Crippen LogP contribution is 2.35. The Labute approximate surface area is 149 Å². The number of benzene rings is 2. The molecule has 3 aromatic rings. The van der Waals surface area contributed by atoms with Crippen molar-refractivity contribution in [3.05, 3.63) is 71.5 Å². The van der Waals surface area contributed by atoms with E-state index in [4.69, 9.17) is 0 Å². The van der Waals surface area contributed by atoms with Crippen molar-refractivity contribution in [3.8, 4) is 17.1 Å². The minimum atomic E-state index is -4.72. The van der Waals surface area contributed by atoms with Crippen molar-refractivity contribution in [2.45, 2.75) is 18.9 Å². The molecule has 0 saturated heterocycles. The number of para-hydroxylation sites is 1. The molecule has 0 spiro atoms. The summed E-state index contributed by atoms with van der Waals surface area (Å²) in [6.07, 6.45) is -8.66. The zero-order valence-electron chi connectivity index (χ0n) is 13.5. The molecule has 27 heavy (non-hydrogen) atoms. The molecule has 0 aliphatic heterocycles. The van der Waals surface area contributed by atoms with Gasteiger partial charge in [-0.1, -0.05) is 30.3 Å². The lowest BCUT2D eigenvalue weighted by molar-refractivity contribution is -0.143. The summed E-state index contributed by atoms with van der Waals surface area (Å²) in [5, 5.41) is 9.85. The Morgan fingerprint density at radius 2 is 1.48 bits per heavy atom. The second-order valence-electron chi connectivity index (χ2n) is 5.75. The van der Waals surface area contributed by atoms with Crippen LogP contribution >= 0.6 is 0 Å². The molecule has 3 nitrogen and oxygen atoms in total. The van der Waals surface area contributed by atoms with Crippen LogP contribution in [0.4, 0.5) is 26.3 Å². The smallest absolute Gasteiger partial charge is 0.433 e. The number of imidazole rings is 1. The minimum absolute atomic E-state index is 0.0916. The molecule has 0 saturated carbocycles. The Kier molecular flexibility index (Phi) is 4.63. The first-order chi connectivity index (χ1) is 12.6. The third-order valence-electron chi connectivity index (χ3n) is 3.94. The average molecular weight is 386 g/mol. The zero-order chi connectivity index (χ0) is 19.8. The summed E-state index contributed by atoms with van der Waals surface area (Å²) in [7, 11) is 0. The summed E-state index contributed by atoms with van der Waals surface area (Å²) in [5.41, 5.74) is -1.68. The maximum atomic E-state index is 13.3. The largest absolute Gasteiger partial charge is 0.508 e. The Morgan fingerprint density at radius 3 is 2.04 bits per heavy atom. The Balaban J connectivity index is 2.08. The second kappa shape index (κ2) is 6.64. The first-order valence-corrected chi connectivity index (χ1v) is 7.64. The molecule has 3 rings (SSSR count). The van der Waals surface area contributed by atoms with Crippen molar-refractivity contribution < 1.29 is 31.4 Å². The van der Waals surface area contributed by atoms with Crippen LogP contribution in [-0.2, 0) is 18.9 Å². The molecule has 2 aromatic carbocycles. The van der Waals surface area contributed by atoms with Crippen LogP contribution in [0.1, 0.15) is 16.8 Å². The Bertz CT molecular complexity index is 942. The average Bonchev–Trinajstić information content (AvgIpc) is 3.00. The van der Waals surface area contributed by atoms with Gasteiger partial charge < -0.3 is 9.67 Å². The van der Waals surface area contributed by atoms with E-state index < -0.39 is 23.6 Å². The van der Waals surface area contributed by atoms with E-state index in [2.05, 4.69) is 4.98 Å². The SMILES string of the molecule is Oc1ccccc1Cn1c(C(F)(F)F)cnc1-c1ccc(C(F)(F)F)cc1. The standard InChI is InChI=1S/C18H12F6N2O/c19-17(20,21)13-7-5-11(6-8-13)16-25-9-15(18(22,23)24)26(16)10-12-3-1-2-4-14(12)27/h1-9,27H,10H2. The fourth-order valence-corrected chi connectivity index (χ4v) is 2.62. The Morgan fingerprint density at radius 1 is 0.852 bits per heavy atom. The fourth-order valence-electron chi connectivity index (χ4n) is 2.62. The predicted octanol–water partition coefficient (Wildman–Crippen LogP) is 5.34. The lowest BCUT2D eigenvalue weighted by Crippen LogP contribution is -2.15. The van der Waals surface area contributed by atoms with Crippen LogP contribution in [0, 0.1) is 0 Å². The van der Waals surface area contributed by atoms with E-state index in [1.807, 2.05) is 0 Å². The van der Waals surface area contributed by atoms with Gasteiger partial charge in [-0.05, 0) is 18.2 Å². The zero-order valence-corrected chi connectivity index (χ0v) is 13.5. The van der Waals surface area contributed by atoms with Crippen molar-refractivity contribution >= 4 is 0 Å². The number of aromatic nitrogens is 2. The highest BCUT2D eigenvalue weighted by molar-refractivity contribution is 5.57. The van der Waals surface area contributed by atoms with Gasteiger partial charge in [0.2, 0.25) is 0 Å². The lowest BCUT2D eigenvalue weighted by atomic mass is 10.1. The monoisotopic (exact) mass is 386 g/mol. The van der Waals surface area contributed by atoms with Crippen LogP contribution in [-0.4, -0.2) is 14.7 Å². The summed E-state index contributed by atoms with van der Waals surface area (Å²) in [5.74, 6) is -0.350. The molecule has 142 valence electrons. The number of phenolic OH excluding ortho intramolecular Hbond substituents is 1. The number of phenols is 1. The molecule has 1 aromatic heterocycles. The van der Waals surface area contributed by atoms with Gasteiger partial charge in [0.25, 0.3) is 0 Å². The van der Waals surface area contributed by atoms with Crippen LogP contribution in [0.3, 0.4) is 0 Å². The maximum Gasteiger partial charge on any atom is 0.433 e. The predicted molar refractivity (Wildman–Crippen MR) is 84.9 cm³/mol. The quantitative estimate of drug-likeness (QED) is 0.617. The van der Waals surface area contributed by atoms with Gasteiger partial charge in [0.15, 0.2) is 0 Å². The van der Waals surface area contributed by atoms with Crippen molar-refractivity contribution in [1.82, 2.24) is 9.55 Å². The van der Waals surface area contributed by atoms with E-state index in [0.717, 1.165) is 28.8 Å². The molecule has 0 atom stereocenters. The highest BCUT2D eigenvalue weighted by Gasteiger charge is 2.36. The van der Waals surface area contributed by atoms with Crippen LogP contribution in [0.2, 0.25) is 0 Å². The minimum Gasteiger partial charge on any atom is -0.508 e. The molecular formula is C18H12F6N2O. The van der Waals surface area contributed by atoms with E-state index in [-0.39, 0.29) is 29.2 Å². The summed E-state index contributed by atoms with van der Waals surface area (Å²) >= 11 is 0. The summed E-state index contributed by atoms with van der Waals surface area (Å²) in [4.78, 5) is 3.75. The first kappa shape index (κ1) is 18.8. The molecule has 0 radical (unpaired) electrons. The van der Waals surface area contributed by atoms with Crippen molar-refractivity contribution in [3.63, 3.8) is 0 Å². The number of nitrogens with zero attached hydrogens (tertiary/aromatic N) is 2. The van der Waals surface area contributed by atoms with Gasteiger partial charge in [0.05, 0.1) is 18.3 Å². The summed E-state index contributed by atoms with van der Waals surface area (Å²) < 4.78 is 78.9. The number of rotatable bonds is 3. The van der Waals surface area contributed by atoms with Crippen LogP contribution in [0.25, 0.3) is 11.4 Å². The number of hydrogen-bond acceptors (Lipinski definition) is 2. The van der Waals surface area contributed by atoms with E-state index in [0.29, 0.717) is 6.20 Å². The highest BCUT2D eigenvalue weighted by atomic mass is 19.4. The van der Waals surface area contributed by atoms with E-state index >= 15 is 0 Å². The normalized spacial score (nSPS) is 12.4. The molecule has 1 N–H and O–H groups in total. The second-order valence-corrected chi connectivity index (χ2v) is 5.75. The molecule has 0 unspecified atom stereocenters. The molecule has 9 heteroatoms. The van der Waals surface area contributed by atoms with Crippen molar-refractivity contribution in [2.75, 3.05) is 0 Å². The van der Waals surface area contributed by atoms with E-state index in [9.17, 15) is 31.4 Å². The topological polar surface area (TPSA) is 38.0 Å². The Hall–Kier alpha value is -2.97. The molecular weight excluding hydrogens is 374 g/mol. The van der Waals surface area contributed by atoms with Crippen molar-refractivity contribution in [1.29, 1.82) is 0 Å². The van der Waals surface area contributed by atoms with Crippen LogP contribution < -0.4 is 0 Å². The third-order valence-corrected chi connectivity index (χ3v) is 3.94. The maximum absolute atomic E-state index is 13.3. The third kappa shape index (κ3) is 3.91. The van der Waals surface area contributed by atoms with Gasteiger partial charge in [0, 0.05) is 11.1 Å². The number of aromatic hydroxyl groups is 1. The van der Waals surface area contributed by atoms with E-state index in [1.165, 1.54) is 18.2 Å². The van der Waals surface area contributed by atoms with Gasteiger partial charge in [-0.3, -0.25) is 0 Å². The van der Waals surface area contributed by atoms with Gasteiger partial charge in [0.1, 0.15) is 17.3 Å². The summed E-state index contributed by atoms with van der Waals surface area (Å²) in [6.45, 7) is -0.349. The van der Waals surface area contributed by atoms with Gasteiger partial charge in [-0.2, -0.15) is 26.3 Å². The molecule has 0 amide bonds. The number of halogens is 6. The number of hydrogen-bond donors (Lipinski definition) is 1. The molecule has 1 heterocycles. The van der Waals surface area contributed by atoms with Crippen LogP contribution in [0.5, 0.6) is 5.75 Å². The number of alkyl halides is 6. The molecule has 0 aliphatic rings. The molecule has 0 aliphatic carbocycles. The first-order valence-electron chi connectivity index (χ1n) is 7.64. The molecule has 0 fully saturated rings. The summed E-state index contributed by atoms with van der Waals surface area (Å²) in [6, 6.07) is 9.54. The van der Waals surface area contributed by atoms with Crippen molar-refractivity contribution in [2.24, 2.45) is 0 Å². The fraction of sp³-hybridized carbons (Fsp3) is 0.167. The lowest BCUT2D eigenvalue weighted by Gasteiger charge is -2.15. The van der Waals surface area contributed by atoms with Crippen LogP contribution in [0.15, 0.2) is 54.7 Å². The van der Waals surface area contributed by atoms with Gasteiger partial charge in [-0.15, -0.1) is 0 Å². The van der Waals surface area contributed by atoms with Gasteiger partial charge >= 0.3 is 12.4 Å². The van der Waals surface area contributed by atoms with Gasteiger partial charge in [-0.25, -0.2) is 4.98 Å². The molecule has 0 bridgehead atoms.